The van der Waals surface area contributed by atoms with Crippen LogP contribution in [0.4, 0.5) is 0 Å². The van der Waals surface area contributed by atoms with Gasteiger partial charge in [-0.15, -0.1) is 0 Å². The summed E-state index contributed by atoms with van der Waals surface area (Å²) in [5.74, 6) is 0.854. The number of nitrogens with one attached hydrogen (secondary N) is 1. The van der Waals surface area contributed by atoms with E-state index >= 15 is 0 Å². The van der Waals surface area contributed by atoms with Crippen LogP contribution in [0.2, 0.25) is 5.02 Å². The van der Waals surface area contributed by atoms with Crippen molar-refractivity contribution in [2.24, 2.45) is 12.0 Å². The lowest BCUT2D eigenvalue weighted by Gasteiger charge is -2.34. The van der Waals surface area contributed by atoms with Gasteiger partial charge in [0.1, 0.15) is 6.10 Å². The van der Waals surface area contributed by atoms with E-state index in [1.54, 1.807) is 11.7 Å². The molecule has 0 spiro atoms. The predicted molar refractivity (Wildman–Crippen MR) is 95.1 cm³/mol. The smallest absolute Gasteiger partial charge is 0.194 e. The summed E-state index contributed by atoms with van der Waals surface area (Å²) in [4.78, 5) is 6.61. The van der Waals surface area contributed by atoms with Crippen LogP contribution in [0.1, 0.15) is 17.2 Å². The van der Waals surface area contributed by atoms with Gasteiger partial charge in [-0.05, 0) is 11.6 Å². The highest BCUT2D eigenvalue weighted by Gasteiger charge is 2.25. The maximum atomic E-state index is 6.22. The first-order valence-corrected chi connectivity index (χ1v) is 8.34. The fraction of sp³-hybridized carbons (Fsp3) is 0.412. The van der Waals surface area contributed by atoms with Gasteiger partial charge in [-0.1, -0.05) is 29.8 Å². The number of aliphatic imine (C=N–C) groups is 1. The molecule has 1 fully saturated rings. The molecule has 24 heavy (non-hydrogen) atoms. The van der Waals surface area contributed by atoms with E-state index in [4.69, 9.17) is 16.3 Å². The molecule has 3 rings (SSSR count). The van der Waals surface area contributed by atoms with Crippen molar-refractivity contribution in [3.05, 3.63) is 52.8 Å². The fourth-order valence-corrected chi connectivity index (χ4v) is 3.00. The van der Waals surface area contributed by atoms with E-state index < -0.39 is 0 Å². The van der Waals surface area contributed by atoms with Crippen LogP contribution < -0.4 is 5.32 Å². The molecule has 0 radical (unpaired) electrons. The summed E-state index contributed by atoms with van der Waals surface area (Å²) in [5.41, 5.74) is 2.14. The molecular formula is C17H22ClN5O. The summed E-state index contributed by atoms with van der Waals surface area (Å²) in [5, 5.41) is 8.37. The molecule has 2 aromatic rings. The highest BCUT2D eigenvalue weighted by Crippen LogP contribution is 2.22. The monoisotopic (exact) mass is 347 g/mol. The number of aryl methyl sites for hydroxylation is 1. The van der Waals surface area contributed by atoms with E-state index in [0.717, 1.165) is 35.2 Å². The van der Waals surface area contributed by atoms with Gasteiger partial charge in [-0.25, -0.2) is 0 Å². The van der Waals surface area contributed by atoms with Gasteiger partial charge < -0.3 is 15.0 Å². The third-order valence-electron chi connectivity index (χ3n) is 4.07. The number of aromatic nitrogens is 2. The number of rotatable bonds is 3. The highest BCUT2D eigenvalue weighted by molar-refractivity contribution is 6.31. The Kier molecular flexibility index (Phi) is 5.37. The second-order valence-electron chi connectivity index (χ2n) is 5.74. The van der Waals surface area contributed by atoms with Crippen LogP contribution in [0.25, 0.3) is 0 Å². The van der Waals surface area contributed by atoms with Crippen molar-refractivity contribution in [1.29, 1.82) is 0 Å². The van der Waals surface area contributed by atoms with Gasteiger partial charge in [-0.3, -0.25) is 9.67 Å². The van der Waals surface area contributed by atoms with Crippen molar-refractivity contribution in [3.63, 3.8) is 0 Å². The van der Waals surface area contributed by atoms with Crippen LogP contribution in [-0.4, -0.2) is 47.4 Å². The number of hydrogen-bond donors (Lipinski definition) is 1. The highest BCUT2D eigenvalue weighted by atomic mass is 35.5. The van der Waals surface area contributed by atoms with E-state index in [2.05, 4.69) is 20.3 Å². The molecule has 1 aliphatic rings. The number of guanidine groups is 1. The van der Waals surface area contributed by atoms with Crippen molar-refractivity contribution < 1.29 is 4.74 Å². The topological polar surface area (TPSA) is 54.7 Å². The number of morpholine rings is 1. The Balaban J connectivity index is 1.64. The molecule has 1 aromatic carbocycles. The summed E-state index contributed by atoms with van der Waals surface area (Å²) in [7, 11) is 3.71. The standard InChI is InChI=1S/C17H22ClN5O/c1-19-17(20-9-13-5-3-4-6-15(13)18)23-7-8-24-16(12-23)14-10-21-22(2)11-14/h3-6,10-11,16H,7-9,12H2,1-2H3,(H,19,20). The maximum absolute atomic E-state index is 6.22. The molecule has 7 heteroatoms. The minimum Gasteiger partial charge on any atom is -0.370 e. The Hall–Kier alpha value is -2.05. The Labute approximate surface area is 147 Å². The van der Waals surface area contributed by atoms with Gasteiger partial charge in [0.15, 0.2) is 5.96 Å². The lowest BCUT2D eigenvalue weighted by molar-refractivity contribution is -0.00805. The lowest BCUT2D eigenvalue weighted by Crippen LogP contribution is -2.47. The molecule has 1 aromatic heterocycles. The normalized spacial score (nSPS) is 18.7. The van der Waals surface area contributed by atoms with Crippen molar-refractivity contribution in [1.82, 2.24) is 20.0 Å². The second kappa shape index (κ2) is 7.68. The molecule has 1 aliphatic heterocycles. The Morgan fingerprint density at radius 2 is 2.29 bits per heavy atom. The van der Waals surface area contributed by atoms with Crippen LogP contribution in [0.3, 0.4) is 0 Å². The van der Waals surface area contributed by atoms with Crippen molar-refractivity contribution in [2.45, 2.75) is 12.6 Å². The van der Waals surface area contributed by atoms with Gasteiger partial charge in [0.05, 0.1) is 19.3 Å². The van der Waals surface area contributed by atoms with Crippen LogP contribution in [0, 0.1) is 0 Å². The van der Waals surface area contributed by atoms with E-state index in [-0.39, 0.29) is 6.10 Å². The molecule has 0 aliphatic carbocycles. The largest absolute Gasteiger partial charge is 0.370 e. The molecule has 0 bridgehead atoms. The Bertz CT molecular complexity index is 715. The molecule has 2 heterocycles. The molecule has 1 N–H and O–H groups in total. The van der Waals surface area contributed by atoms with Gasteiger partial charge in [0.2, 0.25) is 0 Å². The van der Waals surface area contributed by atoms with Crippen molar-refractivity contribution >= 4 is 17.6 Å². The average Bonchev–Trinajstić information content (AvgIpc) is 3.04. The molecule has 0 amide bonds. The van der Waals surface area contributed by atoms with Gasteiger partial charge in [0.25, 0.3) is 0 Å². The average molecular weight is 348 g/mol. The van der Waals surface area contributed by atoms with Crippen LogP contribution >= 0.6 is 11.6 Å². The minimum atomic E-state index is 0.00585. The molecule has 0 saturated carbocycles. The molecule has 1 saturated heterocycles. The van der Waals surface area contributed by atoms with E-state index in [1.807, 2.05) is 43.7 Å². The summed E-state index contributed by atoms with van der Waals surface area (Å²) in [6, 6.07) is 7.83. The summed E-state index contributed by atoms with van der Waals surface area (Å²) < 4.78 is 7.68. The molecule has 128 valence electrons. The second-order valence-corrected chi connectivity index (χ2v) is 6.15. The van der Waals surface area contributed by atoms with Crippen LogP contribution in [0.5, 0.6) is 0 Å². The number of nitrogens with zero attached hydrogens (tertiary/aromatic N) is 4. The lowest BCUT2D eigenvalue weighted by atomic mass is 10.1. The zero-order chi connectivity index (χ0) is 16.9. The molecule has 6 nitrogen and oxygen atoms in total. The van der Waals surface area contributed by atoms with Crippen molar-refractivity contribution in [2.75, 3.05) is 26.7 Å². The van der Waals surface area contributed by atoms with Crippen LogP contribution in [0.15, 0.2) is 41.7 Å². The third-order valence-corrected chi connectivity index (χ3v) is 4.44. The summed E-state index contributed by atoms with van der Waals surface area (Å²) >= 11 is 6.22. The minimum absolute atomic E-state index is 0.00585. The summed E-state index contributed by atoms with van der Waals surface area (Å²) in [6.07, 6.45) is 3.86. The quantitative estimate of drug-likeness (QED) is 0.683. The van der Waals surface area contributed by atoms with Crippen LogP contribution in [-0.2, 0) is 18.3 Å². The zero-order valence-electron chi connectivity index (χ0n) is 13.9. The number of ether oxygens (including phenoxy) is 1. The van der Waals surface area contributed by atoms with Gasteiger partial charge in [0, 0.05) is 44.0 Å². The fourth-order valence-electron chi connectivity index (χ4n) is 2.80. The third kappa shape index (κ3) is 3.88. The first-order chi connectivity index (χ1) is 11.7. The van der Waals surface area contributed by atoms with Crippen molar-refractivity contribution in [3.8, 4) is 0 Å². The number of benzene rings is 1. The van der Waals surface area contributed by atoms with Gasteiger partial charge >= 0.3 is 0 Å². The Morgan fingerprint density at radius 1 is 1.46 bits per heavy atom. The predicted octanol–water partition coefficient (Wildman–Crippen LogP) is 2.22. The number of hydrogen-bond acceptors (Lipinski definition) is 3. The van der Waals surface area contributed by atoms with E-state index in [9.17, 15) is 0 Å². The van der Waals surface area contributed by atoms with E-state index in [1.165, 1.54) is 0 Å². The zero-order valence-corrected chi connectivity index (χ0v) is 14.7. The van der Waals surface area contributed by atoms with Gasteiger partial charge in [-0.2, -0.15) is 5.10 Å². The molecular weight excluding hydrogens is 326 g/mol. The van der Waals surface area contributed by atoms with E-state index in [0.29, 0.717) is 13.2 Å². The number of halogens is 1. The maximum Gasteiger partial charge on any atom is 0.194 e. The first-order valence-electron chi connectivity index (χ1n) is 7.96. The summed E-state index contributed by atoms with van der Waals surface area (Å²) in [6.45, 7) is 2.85. The Morgan fingerprint density at radius 3 is 3.00 bits per heavy atom. The molecule has 1 unspecified atom stereocenters. The first kappa shape index (κ1) is 16.8. The molecule has 1 atom stereocenters. The SMILES string of the molecule is CN=C(NCc1ccccc1Cl)N1CCOC(c2cnn(C)c2)C1.